The number of aliphatic hydroxyl groups excluding tert-OH is 1. The molecule has 0 saturated carbocycles. The van der Waals surface area contributed by atoms with Gasteiger partial charge in [0.25, 0.3) is 0 Å². The fourth-order valence-electron chi connectivity index (χ4n) is 1.44. The smallest absolute Gasteiger partial charge is 0.306 e. The van der Waals surface area contributed by atoms with Crippen LogP contribution in [-0.4, -0.2) is 60.9 Å². The number of ether oxygens (including phenoxy) is 2. The van der Waals surface area contributed by atoms with E-state index in [1.54, 1.807) is 27.9 Å². The van der Waals surface area contributed by atoms with Crippen molar-refractivity contribution in [1.29, 1.82) is 0 Å². The first kappa shape index (κ1) is 17.9. The molecule has 0 radical (unpaired) electrons. The summed E-state index contributed by atoms with van der Waals surface area (Å²) in [6.07, 6.45) is 0.129. The standard InChI is InChI=1S/C13H25NO5/c1-13(2,3)19-12(17)6-5-11(16)14(7-9-15)8-10-18-4/h15H,5-10H2,1-4H3. The fourth-order valence-corrected chi connectivity index (χ4v) is 1.44. The first-order valence-corrected chi connectivity index (χ1v) is 6.39. The summed E-state index contributed by atoms with van der Waals surface area (Å²) in [6, 6.07) is 0. The van der Waals surface area contributed by atoms with E-state index >= 15 is 0 Å². The Labute approximate surface area is 114 Å². The van der Waals surface area contributed by atoms with Crippen molar-refractivity contribution in [2.45, 2.75) is 39.2 Å². The Hall–Kier alpha value is -1.14. The number of aliphatic hydroxyl groups is 1. The molecule has 0 fully saturated rings. The minimum Gasteiger partial charge on any atom is -0.460 e. The van der Waals surface area contributed by atoms with E-state index in [9.17, 15) is 9.59 Å². The van der Waals surface area contributed by atoms with E-state index < -0.39 is 11.6 Å². The van der Waals surface area contributed by atoms with Gasteiger partial charge in [0.15, 0.2) is 0 Å². The maximum atomic E-state index is 11.9. The van der Waals surface area contributed by atoms with Gasteiger partial charge in [0, 0.05) is 26.6 Å². The van der Waals surface area contributed by atoms with Crippen molar-refractivity contribution in [1.82, 2.24) is 4.90 Å². The van der Waals surface area contributed by atoms with Gasteiger partial charge in [0.05, 0.1) is 19.6 Å². The highest BCUT2D eigenvalue weighted by atomic mass is 16.6. The number of carbonyl (C=O) groups is 2. The summed E-state index contributed by atoms with van der Waals surface area (Å²) in [6.45, 7) is 6.29. The number of hydrogen-bond donors (Lipinski definition) is 1. The summed E-state index contributed by atoms with van der Waals surface area (Å²) in [5.74, 6) is -0.575. The van der Waals surface area contributed by atoms with Gasteiger partial charge in [0.2, 0.25) is 5.91 Å². The van der Waals surface area contributed by atoms with E-state index in [4.69, 9.17) is 14.6 Å². The lowest BCUT2D eigenvalue weighted by molar-refractivity contribution is -0.156. The Morgan fingerprint density at radius 2 is 1.79 bits per heavy atom. The largest absolute Gasteiger partial charge is 0.460 e. The number of hydrogen-bond acceptors (Lipinski definition) is 5. The molecule has 0 aliphatic heterocycles. The molecule has 0 bridgehead atoms. The van der Waals surface area contributed by atoms with Gasteiger partial charge >= 0.3 is 5.97 Å². The van der Waals surface area contributed by atoms with E-state index in [-0.39, 0.29) is 31.9 Å². The number of esters is 1. The van der Waals surface area contributed by atoms with Gasteiger partial charge < -0.3 is 19.5 Å². The second kappa shape index (κ2) is 8.87. The Morgan fingerprint density at radius 1 is 1.16 bits per heavy atom. The van der Waals surface area contributed by atoms with Gasteiger partial charge in [-0.3, -0.25) is 9.59 Å². The predicted molar refractivity (Wildman–Crippen MR) is 70.6 cm³/mol. The fraction of sp³-hybridized carbons (Fsp3) is 0.846. The van der Waals surface area contributed by atoms with Crippen molar-refractivity contribution >= 4 is 11.9 Å². The van der Waals surface area contributed by atoms with Crippen molar-refractivity contribution in [2.24, 2.45) is 0 Å². The molecule has 0 unspecified atom stereocenters. The molecule has 0 atom stereocenters. The van der Waals surface area contributed by atoms with Crippen LogP contribution in [0.25, 0.3) is 0 Å². The number of methoxy groups -OCH3 is 1. The van der Waals surface area contributed by atoms with Crippen molar-refractivity contribution in [3.8, 4) is 0 Å². The second-order valence-electron chi connectivity index (χ2n) is 5.18. The predicted octanol–water partition coefficient (Wildman–Crippen LogP) is 0.576. The molecule has 0 saturated heterocycles. The van der Waals surface area contributed by atoms with E-state index in [1.807, 2.05) is 0 Å². The summed E-state index contributed by atoms with van der Waals surface area (Å²) in [7, 11) is 1.54. The molecule has 112 valence electrons. The van der Waals surface area contributed by atoms with E-state index in [0.717, 1.165) is 0 Å². The van der Waals surface area contributed by atoms with Crippen molar-refractivity contribution < 1.29 is 24.2 Å². The zero-order chi connectivity index (χ0) is 14.9. The van der Waals surface area contributed by atoms with Gasteiger partial charge in [-0.05, 0) is 20.8 Å². The number of rotatable bonds is 8. The Bertz CT molecular complexity index is 285. The third kappa shape index (κ3) is 9.44. The van der Waals surface area contributed by atoms with Crippen LogP contribution in [0.15, 0.2) is 0 Å². The number of nitrogens with zero attached hydrogens (tertiary/aromatic N) is 1. The van der Waals surface area contributed by atoms with Gasteiger partial charge in [-0.15, -0.1) is 0 Å². The van der Waals surface area contributed by atoms with Crippen LogP contribution < -0.4 is 0 Å². The molecule has 0 aliphatic carbocycles. The van der Waals surface area contributed by atoms with Crippen LogP contribution in [-0.2, 0) is 19.1 Å². The normalized spacial score (nSPS) is 11.2. The van der Waals surface area contributed by atoms with Crippen LogP contribution in [0.3, 0.4) is 0 Å². The number of carbonyl (C=O) groups excluding carboxylic acids is 2. The Balaban J connectivity index is 4.14. The lowest BCUT2D eigenvalue weighted by atomic mass is 10.2. The highest BCUT2D eigenvalue weighted by molar-refractivity contribution is 5.81. The van der Waals surface area contributed by atoms with E-state index in [0.29, 0.717) is 13.2 Å². The molecule has 0 aromatic heterocycles. The molecule has 0 heterocycles. The monoisotopic (exact) mass is 275 g/mol. The van der Waals surface area contributed by atoms with Crippen LogP contribution in [0.5, 0.6) is 0 Å². The second-order valence-corrected chi connectivity index (χ2v) is 5.18. The highest BCUT2D eigenvalue weighted by Gasteiger charge is 2.19. The summed E-state index contributed by atoms with van der Waals surface area (Å²) < 4.78 is 10.0. The first-order chi connectivity index (χ1) is 8.80. The topological polar surface area (TPSA) is 76.1 Å². The first-order valence-electron chi connectivity index (χ1n) is 6.39. The highest BCUT2D eigenvalue weighted by Crippen LogP contribution is 2.09. The molecular formula is C13H25NO5. The third-order valence-corrected chi connectivity index (χ3v) is 2.25. The molecule has 6 nitrogen and oxygen atoms in total. The van der Waals surface area contributed by atoms with Crippen molar-refractivity contribution in [3.05, 3.63) is 0 Å². The maximum absolute atomic E-state index is 11.9. The quantitative estimate of drug-likeness (QED) is 0.656. The SMILES string of the molecule is COCCN(CCO)C(=O)CCC(=O)OC(C)(C)C. The Kier molecular flexibility index (Phi) is 8.34. The molecule has 6 heteroatoms. The average molecular weight is 275 g/mol. The van der Waals surface area contributed by atoms with Crippen LogP contribution in [0.4, 0.5) is 0 Å². The lowest BCUT2D eigenvalue weighted by Crippen LogP contribution is -2.36. The Morgan fingerprint density at radius 3 is 2.26 bits per heavy atom. The molecule has 0 rings (SSSR count). The van der Waals surface area contributed by atoms with Crippen molar-refractivity contribution in [3.63, 3.8) is 0 Å². The summed E-state index contributed by atoms with van der Waals surface area (Å²) >= 11 is 0. The zero-order valence-corrected chi connectivity index (χ0v) is 12.3. The van der Waals surface area contributed by atoms with Gasteiger partial charge in [-0.25, -0.2) is 0 Å². The zero-order valence-electron chi connectivity index (χ0n) is 12.3. The van der Waals surface area contributed by atoms with E-state index in [1.165, 1.54) is 4.90 Å². The van der Waals surface area contributed by atoms with Crippen LogP contribution in [0.1, 0.15) is 33.6 Å². The molecule has 0 aromatic carbocycles. The van der Waals surface area contributed by atoms with Crippen LogP contribution in [0.2, 0.25) is 0 Å². The van der Waals surface area contributed by atoms with Crippen molar-refractivity contribution in [2.75, 3.05) is 33.4 Å². The van der Waals surface area contributed by atoms with Crippen LogP contribution >= 0.6 is 0 Å². The molecule has 0 aromatic rings. The summed E-state index contributed by atoms with van der Waals surface area (Å²) in [5.41, 5.74) is -0.541. The third-order valence-electron chi connectivity index (χ3n) is 2.25. The van der Waals surface area contributed by atoms with Gasteiger partial charge in [0.1, 0.15) is 5.60 Å². The minimum absolute atomic E-state index is 0.0466. The summed E-state index contributed by atoms with van der Waals surface area (Å²) in [4.78, 5) is 24.8. The molecule has 0 aliphatic rings. The van der Waals surface area contributed by atoms with Gasteiger partial charge in [-0.2, -0.15) is 0 Å². The molecule has 0 spiro atoms. The minimum atomic E-state index is -0.541. The molecular weight excluding hydrogens is 250 g/mol. The maximum Gasteiger partial charge on any atom is 0.306 e. The van der Waals surface area contributed by atoms with E-state index in [2.05, 4.69) is 0 Å². The van der Waals surface area contributed by atoms with Gasteiger partial charge in [-0.1, -0.05) is 0 Å². The molecule has 19 heavy (non-hydrogen) atoms. The summed E-state index contributed by atoms with van der Waals surface area (Å²) in [5, 5.41) is 8.89. The lowest BCUT2D eigenvalue weighted by Gasteiger charge is -2.22. The van der Waals surface area contributed by atoms with Crippen LogP contribution in [0, 0.1) is 0 Å². The molecule has 1 N–H and O–H groups in total. The average Bonchev–Trinajstić information content (AvgIpc) is 2.29. The molecule has 1 amide bonds. The number of amides is 1.